The molecule has 0 bridgehead atoms. The molecule has 0 aromatic heterocycles. The predicted molar refractivity (Wildman–Crippen MR) is 101 cm³/mol. The molecular weight excluding hydrogens is 328 g/mol. The highest BCUT2D eigenvalue weighted by Crippen LogP contribution is 2.17. The second kappa shape index (κ2) is 8.34. The maximum absolute atomic E-state index is 12.3. The highest BCUT2D eigenvalue weighted by molar-refractivity contribution is 5.97. The Bertz CT molecular complexity index is 794. The third-order valence-electron chi connectivity index (χ3n) is 4.51. The van der Waals surface area contributed by atoms with Crippen molar-refractivity contribution < 1.29 is 14.7 Å². The minimum Gasteiger partial charge on any atom is -0.507 e. The highest BCUT2D eigenvalue weighted by Gasteiger charge is 2.23. The fourth-order valence-corrected chi connectivity index (χ4v) is 3.01. The van der Waals surface area contributed by atoms with Gasteiger partial charge >= 0.3 is 0 Å². The first-order valence-corrected chi connectivity index (χ1v) is 8.74. The van der Waals surface area contributed by atoms with E-state index in [-0.39, 0.29) is 29.2 Å². The molecule has 2 amide bonds. The lowest BCUT2D eigenvalue weighted by atomic mass is 10.0. The number of rotatable bonds is 4. The number of likely N-dealkylation sites (tertiary alicyclic amines) is 1. The van der Waals surface area contributed by atoms with Crippen molar-refractivity contribution in [2.45, 2.75) is 18.9 Å². The van der Waals surface area contributed by atoms with Crippen LogP contribution in [0.15, 0.2) is 60.7 Å². The first kappa shape index (κ1) is 17.7. The molecule has 1 saturated heterocycles. The van der Waals surface area contributed by atoms with Gasteiger partial charge in [-0.25, -0.2) is 0 Å². The Labute approximate surface area is 153 Å². The van der Waals surface area contributed by atoms with E-state index in [0.29, 0.717) is 25.9 Å². The van der Waals surface area contributed by atoms with Crippen LogP contribution < -0.4 is 5.32 Å². The number of carbonyl (C=O) groups excluding carboxylic acids is 2. The summed E-state index contributed by atoms with van der Waals surface area (Å²) in [7, 11) is 0. The molecule has 2 aromatic carbocycles. The lowest BCUT2D eigenvalue weighted by molar-refractivity contribution is -0.126. The normalized spacial score (nSPS) is 15.2. The zero-order valence-electron chi connectivity index (χ0n) is 14.5. The van der Waals surface area contributed by atoms with Gasteiger partial charge in [0.1, 0.15) is 5.75 Å². The molecule has 0 radical (unpaired) electrons. The van der Waals surface area contributed by atoms with Gasteiger partial charge in [-0.2, -0.15) is 0 Å². The number of nitrogens with one attached hydrogen (secondary N) is 1. The third-order valence-corrected chi connectivity index (χ3v) is 4.51. The average Bonchev–Trinajstić information content (AvgIpc) is 2.68. The van der Waals surface area contributed by atoms with Gasteiger partial charge < -0.3 is 15.3 Å². The Hall–Kier alpha value is -3.08. The van der Waals surface area contributed by atoms with Gasteiger partial charge in [-0.15, -0.1) is 0 Å². The van der Waals surface area contributed by atoms with E-state index in [1.165, 1.54) is 6.07 Å². The van der Waals surface area contributed by atoms with Crippen LogP contribution in [0.3, 0.4) is 0 Å². The molecule has 134 valence electrons. The number of nitrogens with zero attached hydrogens (tertiary/aromatic N) is 1. The molecule has 1 fully saturated rings. The van der Waals surface area contributed by atoms with Crippen molar-refractivity contribution in [2.75, 3.05) is 13.1 Å². The average molecular weight is 350 g/mol. The largest absolute Gasteiger partial charge is 0.507 e. The Morgan fingerprint density at radius 1 is 1.00 bits per heavy atom. The van der Waals surface area contributed by atoms with Crippen LogP contribution in [-0.2, 0) is 4.79 Å². The van der Waals surface area contributed by atoms with Crippen LogP contribution in [0.5, 0.6) is 5.75 Å². The first-order valence-electron chi connectivity index (χ1n) is 8.74. The lowest BCUT2D eigenvalue weighted by Gasteiger charge is -2.31. The van der Waals surface area contributed by atoms with E-state index < -0.39 is 0 Å². The molecule has 0 saturated carbocycles. The zero-order chi connectivity index (χ0) is 18.4. The van der Waals surface area contributed by atoms with Crippen molar-refractivity contribution in [3.05, 3.63) is 71.8 Å². The summed E-state index contributed by atoms with van der Waals surface area (Å²) in [6.45, 7) is 1.20. The number of aromatic hydroxyl groups is 1. The van der Waals surface area contributed by atoms with Crippen molar-refractivity contribution >= 4 is 17.9 Å². The number of phenolic OH excluding ortho intramolecular Hbond substituents is 1. The summed E-state index contributed by atoms with van der Waals surface area (Å²) in [5, 5.41) is 12.7. The summed E-state index contributed by atoms with van der Waals surface area (Å²) in [5.74, 6) is -0.320. The number of piperidine rings is 1. The van der Waals surface area contributed by atoms with Gasteiger partial charge in [0.25, 0.3) is 5.91 Å². The topological polar surface area (TPSA) is 69.6 Å². The van der Waals surface area contributed by atoms with E-state index in [2.05, 4.69) is 5.32 Å². The van der Waals surface area contributed by atoms with Crippen LogP contribution in [0, 0.1) is 0 Å². The SMILES string of the molecule is O=C(NC1CCN(C(=O)/C=C/c2ccccc2)CC1)c1ccccc1O. The molecule has 0 aliphatic carbocycles. The van der Waals surface area contributed by atoms with Gasteiger partial charge in [0.15, 0.2) is 0 Å². The van der Waals surface area contributed by atoms with Crippen LogP contribution in [0.4, 0.5) is 0 Å². The van der Waals surface area contributed by atoms with Crippen molar-refractivity contribution in [2.24, 2.45) is 0 Å². The molecule has 5 nitrogen and oxygen atoms in total. The van der Waals surface area contributed by atoms with E-state index in [1.807, 2.05) is 36.4 Å². The molecule has 0 atom stereocenters. The Morgan fingerprint density at radius 3 is 2.35 bits per heavy atom. The summed E-state index contributed by atoms with van der Waals surface area (Å²) in [4.78, 5) is 26.3. The Kier molecular flexibility index (Phi) is 5.69. The monoisotopic (exact) mass is 350 g/mol. The molecule has 5 heteroatoms. The van der Waals surface area contributed by atoms with E-state index in [1.54, 1.807) is 29.2 Å². The number of hydrogen-bond acceptors (Lipinski definition) is 3. The molecule has 0 unspecified atom stereocenters. The molecule has 2 N–H and O–H groups in total. The second-order valence-electron chi connectivity index (χ2n) is 6.33. The molecule has 3 rings (SSSR count). The van der Waals surface area contributed by atoms with Crippen LogP contribution >= 0.6 is 0 Å². The Morgan fingerprint density at radius 2 is 1.65 bits per heavy atom. The number of carbonyl (C=O) groups is 2. The summed E-state index contributed by atoms with van der Waals surface area (Å²) in [6.07, 6.45) is 4.80. The van der Waals surface area contributed by atoms with Crippen molar-refractivity contribution in [3.8, 4) is 5.75 Å². The lowest BCUT2D eigenvalue weighted by Crippen LogP contribution is -2.46. The van der Waals surface area contributed by atoms with Crippen molar-refractivity contribution in [1.29, 1.82) is 0 Å². The van der Waals surface area contributed by atoms with Crippen LogP contribution in [0.2, 0.25) is 0 Å². The first-order chi connectivity index (χ1) is 12.6. The number of para-hydroxylation sites is 1. The Balaban J connectivity index is 1.49. The molecule has 1 aliphatic rings. The number of amides is 2. The van der Waals surface area contributed by atoms with Crippen LogP contribution in [0.25, 0.3) is 6.08 Å². The molecule has 0 spiro atoms. The third kappa shape index (κ3) is 4.51. The number of benzene rings is 2. The maximum Gasteiger partial charge on any atom is 0.255 e. The van der Waals surface area contributed by atoms with Crippen molar-refractivity contribution in [3.63, 3.8) is 0 Å². The fourth-order valence-electron chi connectivity index (χ4n) is 3.01. The predicted octanol–water partition coefficient (Wildman–Crippen LogP) is 2.83. The van der Waals surface area contributed by atoms with E-state index in [4.69, 9.17) is 0 Å². The second-order valence-corrected chi connectivity index (χ2v) is 6.33. The van der Waals surface area contributed by atoms with Gasteiger partial charge in [-0.1, -0.05) is 42.5 Å². The van der Waals surface area contributed by atoms with Gasteiger partial charge in [-0.05, 0) is 36.6 Å². The quantitative estimate of drug-likeness (QED) is 0.833. The van der Waals surface area contributed by atoms with Gasteiger partial charge in [0, 0.05) is 25.2 Å². The van der Waals surface area contributed by atoms with Crippen LogP contribution in [0.1, 0.15) is 28.8 Å². The molecule has 26 heavy (non-hydrogen) atoms. The molecular formula is C21H22N2O3. The molecule has 1 heterocycles. The van der Waals surface area contributed by atoms with Gasteiger partial charge in [-0.3, -0.25) is 9.59 Å². The summed E-state index contributed by atoms with van der Waals surface area (Å²) in [6, 6.07) is 16.2. The highest BCUT2D eigenvalue weighted by atomic mass is 16.3. The van der Waals surface area contributed by atoms with E-state index in [9.17, 15) is 14.7 Å². The summed E-state index contributed by atoms with van der Waals surface area (Å²) >= 11 is 0. The van der Waals surface area contributed by atoms with Crippen LogP contribution in [-0.4, -0.2) is 41.0 Å². The van der Waals surface area contributed by atoms with E-state index in [0.717, 1.165) is 5.56 Å². The zero-order valence-corrected chi connectivity index (χ0v) is 14.5. The van der Waals surface area contributed by atoms with E-state index >= 15 is 0 Å². The van der Waals surface area contributed by atoms with Gasteiger partial charge in [0.05, 0.1) is 5.56 Å². The van der Waals surface area contributed by atoms with Crippen molar-refractivity contribution in [1.82, 2.24) is 10.2 Å². The minimum atomic E-state index is -0.281. The van der Waals surface area contributed by atoms with Gasteiger partial charge in [0.2, 0.25) is 5.91 Å². The molecule has 2 aromatic rings. The number of phenols is 1. The smallest absolute Gasteiger partial charge is 0.255 e. The standard InChI is InChI=1S/C21H22N2O3/c24-19-9-5-4-8-18(19)21(26)22-17-12-14-23(15-13-17)20(25)11-10-16-6-2-1-3-7-16/h1-11,17,24H,12-15H2,(H,22,26)/b11-10+. The maximum atomic E-state index is 12.3. The minimum absolute atomic E-state index is 0.00394. The summed E-state index contributed by atoms with van der Waals surface area (Å²) < 4.78 is 0. The molecule has 1 aliphatic heterocycles. The fraction of sp³-hybridized carbons (Fsp3) is 0.238. The number of hydrogen-bond donors (Lipinski definition) is 2. The summed E-state index contributed by atoms with van der Waals surface area (Å²) in [5.41, 5.74) is 1.27.